The van der Waals surface area contributed by atoms with Gasteiger partial charge in [0.2, 0.25) is 16.1 Å². The highest BCUT2D eigenvalue weighted by atomic mass is 32.2. The Morgan fingerprint density at radius 2 is 1.89 bits per heavy atom. The molecule has 1 aromatic carbocycles. The number of carbonyl (C=O) groups is 2. The van der Waals surface area contributed by atoms with Crippen LogP contribution in [0.25, 0.3) is 5.57 Å². The molecule has 1 aliphatic carbocycles. The Morgan fingerprint density at radius 1 is 1.14 bits per heavy atom. The smallest absolute Gasteiger partial charge is 0.350 e. The molecule has 1 N–H and O–H groups in total. The van der Waals surface area contributed by atoms with Crippen LogP contribution in [0.4, 0.5) is 0 Å². The zero-order valence-electron chi connectivity index (χ0n) is 19.9. The highest BCUT2D eigenvalue weighted by Gasteiger charge is 2.43. The molecule has 0 spiro atoms. The van der Waals surface area contributed by atoms with E-state index in [2.05, 4.69) is 22.4 Å². The van der Waals surface area contributed by atoms with Gasteiger partial charge in [0.1, 0.15) is 0 Å². The van der Waals surface area contributed by atoms with E-state index in [1.165, 1.54) is 18.4 Å². The van der Waals surface area contributed by atoms with E-state index in [0.29, 0.717) is 12.0 Å². The number of fused-ring (bicyclic) bond motifs is 2. The normalized spacial score (nSPS) is 28.1. The van der Waals surface area contributed by atoms with Crippen molar-refractivity contribution >= 4 is 33.2 Å². The van der Waals surface area contributed by atoms with E-state index in [1.54, 1.807) is 12.1 Å². The largest absolute Gasteiger partial charge is 0.463 e. The predicted octanol–water partition coefficient (Wildman–Crippen LogP) is 0.974. The third kappa shape index (κ3) is 4.17. The van der Waals surface area contributed by atoms with Crippen LogP contribution >= 0.6 is 0 Å². The minimum absolute atomic E-state index is 0.0435. The second-order valence-corrected chi connectivity index (χ2v) is 11.6. The van der Waals surface area contributed by atoms with Crippen LogP contribution in [0, 0.1) is 11.8 Å². The summed E-state index contributed by atoms with van der Waals surface area (Å²) in [7, 11) is 1.52. The maximum atomic E-state index is 12.9. The Morgan fingerprint density at radius 3 is 2.54 bits per heavy atom. The molecule has 0 bridgehead atoms. The molecule has 186 valence electrons. The summed E-state index contributed by atoms with van der Waals surface area (Å²) in [5, 5.41) is 7.06. The van der Waals surface area contributed by atoms with Crippen LogP contribution in [-0.2, 0) is 29.2 Å². The molecule has 3 heterocycles. The van der Waals surface area contributed by atoms with Crippen molar-refractivity contribution in [3.63, 3.8) is 0 Å². The van der Waals surface area contributed by atoms with Crippen molar-refractivity contribution in [1.82, 2.24) is 14.5 Å². The fraction of sp³-hybridized carbons (Fsp3) is 0.458. The molecular formula is C24H28N4O6S. The molecule has 0 radical (unpaired) electrons. The molecule has 0 aromatic heterocycles. The number of nitrogens with one attached hydrogen (secondary N) is 1. The lowest BCUT2D eigenvalue weighted by Crippen LogP contribution is -2.42. The first-order valence-corrected chi connectivity index (χ1v) is 13.0. The highest BCUT2D eigenvalue weighted by molar-refractivity contribution is 7.89. The quantitative estimate of drug-likeness (QED) is 0.473. The van der Waals surface area contributed by atoms with Crippen molar-refractivity contribution < 1.29 is 27.6 Å². The Bertz CT molecular complexity index is 1270. The summed E-state index contributed by atoms with van der Waals surface area (Å²) in [6.07, 6.45) is 2.42. The minimum atomic E-state index is -3.54. The van der Waals surface area contributed by atoms with Gasteiger partial charge >= 0.3 is 5.97 Å². The van der Waals surface area contributed by atoms with Crippen molar-refractivity contribution in [1.29, 1.82) is 0 Å². The van der Waals surface area contributed by atoms with Crippen LogP contribution in [0.1, 0.15) is 18.4 Å². The average Bonchev–Trinajstić information content (AvgIpc) is 3.38. The van der Waals surface area contributed by atoms with Crippen molar-refractivity contribution in [3.05, 3.63) is 47.2 Å². The topological polar surface area (TPSA) is 118 Å². The van der Waals surface area contributed by atoms with Crippen LogP contribution in [-0.4, -0.2) is 82.2 Å². The third-order valence-electron chi connectivity index (χ3n) is 7.02. The van der Waals surface area contributed by atoms with E-state index >= 15 is 0 Å². The number of rotatable bonds is 5. The Balaban J connectivity index is 1.53. The second kappa shape index (κ2) is 8.89. The van der Waals surface area contributed by atoms with Gasteiger partial charge in [-0.1, -0.05) is 17.3 Å². The van der Waals surface area contributed by atoms with Crippen molar-refractivity contribution in [2.75, 3.05) is 40.8 Å². The third-order valence-corrected chi connectivity index (χ3v) is 8.85. The number of amides is 1. The molecule has 10 nitrogen and oxygen atoms in total. The number of cyclic esters (lactones) is 1. The van der Waals surface area contributed by atoms with E-state index in [4.69, 9.17) is 9.57 Å². The molecule has 3 atom stereocenters. The van der Waals surface area contributed by atoms with Gasteiger partial charge in [0.15, 0.2) is 5.71 Å². The number of carbonyl (C=O) groups excluding carboxylic acids is 2. The number of piperidine rings is 1. The number of nitrogens with zero attached hydrogens (tertiary/aromatic N) is 3. The van der Waals surface area contributed by atoms with Gasteiger partial charge < -0.3 is 19.8 Å². The molecule has 0 saturated carbocycles. The lowest BCUT2D eigenvalue weighted by molar-refractivity contribution is -0.147. The number of likely N-dealkylation sites (tertiary alicyclic amines) is 1. The Hall–Kier alpha value is -3.02. The van der Waals surface area contributed by atoms with Gasteiger partial charge in [-0.25, -0.2) is 17.5 Å². The molecule has 1 amide bonds. The fourth-order valence-electron chi connectivity index (χ4n) is 5.09. The van der Waals surface area contributed by atoms with E-state index in [-0.39, 0.29) is 35.0 Å². The van der Waals surface area contributed by atoms with Crippen LogP contribution < -0.4 is 5.32 Å². The van der Waals surface area contributed by atoms with Crippen molar-refractivity contribution in [2.45, 2.75) is 23.8 Å². The number of esters is 1. The number of ether oxygens (including phenoxy) is 1. The summed E-state index contributed by atoms with van der Waals surface area (Å²) in [6.45, 7) is 1.95. The van der Waals surface area contributed by atoms with E-state index in [1.807, 2.05) is 18.2 Å². The lowest BCUT2D eigenvalue weighted by Gasteiger charge is -2.41. The molecule has 1 aromatic rings. The first-order chi connectivity index (χ1) is 16.7. The predicted molar refractivity (Wildman–Crippen MR) is 127 cm³/mol. The number of oxime groups is 1. The molecule has 0 unspecified atom stereocenters. The summed E-state index contributed by atoms with van der Waals surface area (Å²) < 4.78 is 31.1. The van der Waals surface area contributed by atoms with Gasteiger partial charge in [-0.3, -0.25) is 4.79 Å². The summed E-state index contributed by atoms with van der Waals surface area (Å²) in [5.74, 6) is -0.643. The van der Waals surface area contributed by atoms with Gasteiger partial charge in [0.25, 0.3) is 5.91 Å². The number of hydrogen-bond donors (Lipinski definition) is 1. The van der Waals surface area contributed by atoms with Crippen molar-refractivity contribution in [3.8, 4) is 0 Å². The molecule has 35 heavy (non-hydrogen) atoms. The number of sulfonamides is 1. The van der Waals surface area contributed by atoms with Crippen LogP contribution in [0.5, 0.6) is 0 Å². The molecule has 11 heteroatoms. The van der Waals surface area contributed by atoms with Gasteiger partial charge in [-0.15, -0.1) is 0 Å². The minimum Gasteiger partial charge on any atom is -0.463 e. The summed E-state index contributed by atoms with van der Waals surface area (Å²) in [5.41, 5.74) is 3.53. The zero-order valence-corrected chi connectivity index (χ0v) is 20.7. The maximum Gasteiger partial charge on any atom is 0.350 e. The molecule has 2 fully saturated rings. The van der Waals surface area contributed by atoms with Gasteiger partial charge in [-0.2, -0.15) is 0 Å². The first-order valence-electron chi connectivity index (χ1n) is 11.6. The number of allylic oxidation sites excluding steroid dienone is 2. The standard InChI is InChI=1S/C24H28N4O6S/c1-27(2)35(31,32)15-6-4-14(5-7-15)17-12-18-21(19-13-28(3)10-8-16(17)19)25-23(29)22(18)26-34-20-9-11-33-24(20)30/h4-7,12,16,19-20H,8-11,13H2,1-3H3,(H,25,26,29)/t16-,19+,20+/m1/s1. The summed E-state index contributed by atoms with van der Waals surface area (Å²) >= 11 is 0. The molecule has 3 aliphatic heterocycles. The Kier molecular flexibility index (Phi) is 6.02. The molecule has 2 saturated heterocycles. The van der Waals surface area contributed by atoms with Gasteiger partial charge in [-0.05, 0) is 55.3 Å². The number of benzene rings is 1. The first kappa shape index (κ1) is 23.7. The SMILES string of the molecule is CN1CC[C@@H]2C(c3ccc(S(=O)(=O)N(C)C)cc3)=CC3=C(NC(=O)/C3=N/O[C@H]3CCOC3=O)[C@H]2C1. The van der Waals surface area contributed by atoms with Gasteiger partial charge in [0.05, 0.1) is 11.5 Å². The van der Waals surface area contributed by atoms with E-state index in [9.17, 15) is 18.0 Å². The fourth-order valence-corrected chi connectivity index (χ4v) is 5.99. The van der Waals surface area contributed by atoms with Gasteiger partial charge in [0, 0.05) is 44.2 Å². The number of hydrogen-bond acceptors (Lipinski definition) is 8. The monoisotopic (exact) mass is 500 g/mol. The second-order valence-electron chi connectivity index (χ2n) is 9.45. The summed E-state index contributed by atoms with van der Waals surface area (Å²) in [4.78, 5) is 32.5. The molecule has 4 aliphatic rings. The van der Waals surface area contributed by atoms with Crippen molar-refractivity contribution in [2.24, 2.45) is 17.0 Å². The van der Waals surface area contributed by atoms with E-state index in [0.717, 1.165) is 36.3 Å². The maximum absolute atomic E-state index is 12.9. The zero-order chi connectivity index (χ0) is 24.9. The molecular weight excluding hydrogens is 472 g/mol. The average molecular weight is 501 g/mol. The summed E-state index contributed by atoms with van der Waals surface area (Å²) in [6, 6.07) is 6.85. The van der Waals surface area contributed by atoms with E-state index < -0.39 is 22.1 Å². The van der Waals surface area contributed by atoms with Crippen LogP contribution in [0.2, 0.25) is 0 Å². The lowest BCUT2D eigenvalue weighted by atomic mass is 9.72. The van der Waals surface area contributed by atoms with Crippen LogP contribution in [0.3, 0.4) is 0 Å². The Labute approximate surface area is 204 Å². The van der Waals surface area contributed by atoms with Crippen LogP contribution in [0.15, 0.2) is 51.7 Å². The molecule has 5 rings (SSSR count). The highest BCUT2D eigenvalue weighted by Crippen LogP contribution is 2.45.